The fourth-order valence-corrected chi connectivity index (χ4v) is 6.25. The number of halogens is 1. The second-order valence-corrected chi connectivity index (χ2v) is 11.1. The molecule has 1 atom stereocenters. The first-order chi connectivity index (χ1) is 19.3. The van der Waals surface area contributed by atoms with Gasteiger partial charge in [0.1, 0.15) is 11.9 Å². The van der Waals surface area contributed by atoms with Gasteiger partial charge < -0.3 is 24.8 Å². The lowest BCUT2D eigenvalue weighted by atomic mass is 9.63. The van der Waals surface area contributed by atoms with Crippen LogP contribution in [-0.4, -0.2) is 64.6 Å². The normalized spacial score (nSPS) is 18.1. The third-order valence-corrected chi connectivity index (χ3v) is 8.58. The van der Waals surface area contributed by atoms with Crippen molar-refractivity contribution >= 4 is 17.9 Å². The standard InChI is InChI=1S/C30H42FN5O4/c1-3-40-28(38)30(23-7-5-4-6-8-23)14-17-36(18-15-30)27(37)26(19-22-9-11-24(31)12-10-22)34-29(39)33-16-13-25-20-32-21-35(25)2/h9-12,20-21,23,26H,3-8,13-19H2,1-2H3,(H2,33,34,39). The minimum absolute atomic E-state index is 0.136. The summed E-state index contributed by atoms with van der Waals surface area (Å²) in [4.78, 5) is 45.7. The third-order valence-electron chi connectivity index (χ3n) is 8.58. The van der Waals surface area contributed by atoms with E-state index < -0.39 is 17.5 Å². The molecule has 1 saturated carbocycles. The molecule has 2 aromatic rings. The molecule has 10 heteroatoms. The van der Waals surface area contributed by atoms with E-state index in [1.807, 2.05) is 18.5 Å². The molecule has 40 heavy (non-hydrogen) atoms. The van der Waals surface area contributed by atoms with E-state index in [-0.39, 0.29) is 30.0 Å². The number of nitrogens with one attached hydrogen (secondary N) is 2. The highest BCUT2D eigenvalue weighted by atomic mass is 19.1. The van der Waals surface area contributed by atoms with Crippen LogP contribution in [0.1, 0.15) is 63.1 Å². The molecule has 3 amide bonds. The summed E-state index contributed by atoms with van der Waals surface area (Å²) in [5.74, 6) is -0.424. The lowest BCUT2D eigenvalue weighted by molar-refractivity contribution is -0.166. The maximum atomic E-state index is 13.8. The third kappa shape index (κ3) is 7.20. The van der Waals surface area contributed by atoms with Gasteiger partial charge in [-0.15, -0.1) is 0 Å². The Kier molecular flexibility index (Phi) is 10.2. The Morgan fingerprint density at radius 2 is 1.82 bits per heavy atom. The molecule has 0 spiro atoms. The summed E-state index contributed by atoms with van der Waals surface area (Å²) in [6, 6.07) is 4.69. The van der Waals surface area contributed by atoms with Crippen molar-refractivity contribution in [2.24, 2.45) is 18.4 Å². The second-order valence-electron chi connectivity index (χ2n) is 11.1. The number of carbonyl (C=O) groups excluding carboxylic acids is 3. The van der Waals surface area contributed by atoms with Gasteiger partial charge in [-0.25, -0.2) is 14.2 Å². The number of hydrogen-bond donors (Lipinski definition) is 2. The van der Waals surface area contributed by atoms with E-state index in [2.05, 4.69) is 15.6 Å². The summed E-state index contributed by atoms with van der Waals surface area (Å²) in [6.07, 6.45) is 10.9. The van der Waals surface area contributed by atoms with E-state index in [9.17, 15) is 18.8 Å². The lowest BCUT2D eigenvalue weighted by Crippen LogP contribution is -2.56. The molecule has 2 N–H and O–H groups in total. The molecular weight excluding hydrogens is 513 g/mol. The first kappa shape index (κ1) is 29.6. The van der Waals surface area contributed by atoms with Gasteiger partial charge in [-0.05, 0) is 56.2 Å². The average Bonchev–Trinajstić information content (AvgIpc) is 3.38. The monoisotopic (exact) mass is 555 g/mol. The molecule has 4 rings (SSSR count). The molecule has 0 radical (unpaired) electrons. The fraction of sp³-hybridized carbons (Fsp3) is 0.600. The number of urea groups is 1. The number of aromatic nitrogens is 2. The number of amides is 3. The number of nitrogens with zero attached hydrogens (tertiary/aromatic N) is 3. The van der Waals surface area contributed by atoms with Gasteiger partial charge in [0.2, 0.25) is 5.91 Å². The number of likely N-dealkylation sites (tertiary alicyclic amines) is 1. The zero-order chi connectivity index (χ0) is 28.5. The molecule has 1 aliphatic heterocycles. The molecule has 0 bridgehead atoms. The van der Waals surface area contributed by atoms with Crippen LogP contribution in [0, 0.1) is 17.2 Å². The average molecular weight is 556 g/mol. The molecule has 1 aliphatic carbocycles. The van der Waals surface area contributed by atoms with Crippen molar-refractivity contribution in [3.05, 3.63) is 53.9 Å². The van der Waals surface area contributed by atoms with Crippen LogP contribution < -0.4 is 10.6 Å². The van der Waals surface area contributed by atoms with Crippen molar-refractivity contribution < 1.29 is 23.5 Å². The first-order valence-electron chi connectivity index (χ1n) is 14.5. The van der Waals surface area contributed by atoms with Crippen LogP contribution in [0.2, 0.25) is 0 Å². The number of carbonyl (C=O) groups is 3. The molecule has 1 saturated heterocycles. The number of benzene rings is 1. The Morgan fingerprint density at radius 1 is 1.12 bits per heavy atom. The van der Waals surface area contributed by atoms with Gasteiger partial charge >= 0.3 is 12.0 Å². The fourth-order valence-electron chi connectivity index (χ4n) is 6.25. The quantitative estimate of drug-likeness (QED) is 0.435. The van der Waals surface area contributed by atoms with Crippen LogP contribution in [0.15, 0.2) is 36.8 Å². The summed E-state index contributed by atoms with van der Waals surface area (Å²) in [5.41, 5.74) is 1.17. The summed E-state index contributed by atoms with van der Waals surface area (Å²) in [5, 5.41) is 5.68. The van der Waals surface area contributed by atoms with Crippen LogP contribution in [0.25, 0.3) is 0 Å². The Morgan fingerprint density at radius 3 is 2.45 bits per heavy atom. The number of rotatable bonds is 10. The van der Waals surface area contributed by atoms with Gasteiger partial charge in [-0.2, -0.15) is 0 Å². The maximum Gasteiger partial charge on any atom is 0.315 e. The van der Waals surface area contributed by atoms with Crippen LogP contribution >= 0.6 is 0 Å². The number of aryl methyl sites for hydroxylation is 1. The molecule has 1 unspecified atom stereocenters. The van der Waals surface area contributed by atoms with Gasteiger partial charge in [-0.1, -0.05) is 31.4 Å². The van der Waals surface area contributed by atoms with Crippen molar-refractivity contribution in [2.45, 2.75) is 70.8 Å². The summed E-state index contributed by atoms with van der Waals surface area (Å²) >= 11 is 0. The topological polar surface area (TPSA) is 106 Å². The molecule has 2 heterocycles. The number of piperidine rings is 1. The summed E-state index contributed by atoms with van der Waals surface area (Å²) < 4.78 is 21.0. The van der Waals surface area contributed by atoms with Crippen molar-refractivity contribution in [2.75, 3.05) is 26.2 Å². The molecule has 2 fully saturated rings. The highest BCUT2D eigenvalue weighted by molar-refractivity contribution is 5.88. The minimum Gasteiger partial charge on any atom is -0.466 e. The van der Waals surface area contributed by atoms with E-state index in [1.165, 1.54) is 18.6 Å². The molecule has 2 aliphatic rings. The number of ether oxygens (including phenoxy) is 1. The van der Waals surface area contributed by atoms with E-state index in [0.717, 1.165) is 36.9 Å². The SMILES string of the molecule is CCOC(=O)C1(C2CCCCC2)CCN(C(=O)C(Cc2ccc(F)cc2)NC(=O)NCCc2cncn2C)CC1. The maximum absolute atomic E-state index is 13.8. The van der Waals surface area contributed by atoms with Crippen LogP contribution in [-0.2, 0) is 34.2 Å². The van der Waals surface area contributed by atoms with E-state index in [4.69, 9.17) is 4.74 Å². The highest BCUT2D eigenvalue weighted by Gasteiger charge is 2.49. The molecule has 1 aromatic heterocycles. The van der Waals surface area contributed by atoms with Gasteiger partial charge in [0, 0.05) is 51.4 Å². The van der Waals surface area contributed by atoms with Gasteiger partial charge in [0.25, 0.3) is 0 Å². The Hall–Kier alpha value is -3.43. The summed E-state index contributed by atoms with van der Waals surface area (Å²) in [7, 11) is 1.89. The van der Waals surface area contributed by atoms with E-state index in [1.54, 1.807) is 29.6 Å². The predicted octanol–water partition coefficient (Wildman–Crippen LogP) is 3.76. The summed E-state index contributed by atoms with van der Waals surface area (Å²) in [6.45, 7) is 3.42. The number of esters is 1. The molecule has 1 aromatic carbocycles. The van der Waals surface area contributed by atoms with E-state index in [0.29, 0.717) is 45.5 Å². The smallest absolute Gasteiger partial charge is 0.315 e. The number of hydrogen-bond acceptors (Lipinski definition) is 5. The van der Waals surface area contributed by atoms with Crippen LogP contribution in [0.3, 0.4) is 0 Å². The molecular formula is C30H42FN5O4. The van der Waals surface area contributed by atoms with Gasteiger partial charge in [0.05, 0.1) is 18.3 Å². The minimum atomic E-state index is -0.827. The van der Waals surface area contributed by atoms with E-state index >= 15 is 0 Å². The Labute approximate surface area is 235 Å². The van der Waals surface area contributed by atoms with Gasteiger partial charge in [0.15, 0.2) is 0 Å². The van der Waals surface area contributed by atoms with Crippen LogP contribution in [0.5, 0.6) is 0 Å². The largest absolute Gasteiger partial charge is 0.466 e. The van der Waals surface area contributed by atoms with Crippen molar-refractivity contribution in [1.29, 1.82) is 0 Å². The van der Waals surface area contributed by atoms with Crippen molar-refractivity contribution in [3.8, 4) is 0 Å². The van der Waals surface area contributed by atoms with Crippen LogP contribution in [0.4, 0.5) is 9.18 Å². The molecule has 218 valence electrons. The first-order valence-corrected chi connectivity index (χ1v) is 14.5. The lowest BCUT2D eigenvalue weighted by Gasteiger charge is -2.46. The Bertz CT molecular complexity index is 1140. The Balaban J connectivity index is 1.42. The van der Waals surface area contributed by atoms with Gasteiger partial charge in [-0.3, -0.25) is 9.59 Å². The van der Waals surface area contributed by atoms with Crippen molar-refractivity contribution in [3.63, 3.8) is 0 Å². The highest BCUT2D eigenvalue weighted by Crippen LogP contribution is 2.47. The zero-order valence-electron chi connectivity index (χ0n) is 23.7. The zero-order valence-corrected chi connectivity index (χ0v) is 23.7. The number of imidazole rings is 1. The second kappa shape index (κ2) is 13.8. The molecule has 9 nitrogen and oxygen atoms in total. The van der Waals surface area contributed by atoms with Crippen molar-refractivity contribution in [1.82, 2.24) is 25.1 Å². The predicted molar refractivity (Wildman–Crippen MR) is 149 cm³/mol.